The maximum atomic E-state index is 13.0. The van der Waals surface area contributed by atoms with Crippen molar-refractivity contribution < 1.29 is 36.2 Å². The van der Waals surface area contributed by atoms with E-state index >= 15 is 0 Å². The molecule has 4 aromatic rings. The van der Waals surface area contributed by atoms with E-state index < -0.39 is 45.8 Å². The number of methoxy groups -OCH3 is 1. The molecule has 0 saturated carbocycles. The number of hydrogen-bond acceptors (Lipinski definition) is 8. The van der Waals surface area contributed by atoms with Crippen LogP contribution in [0.25, 0.3) is 22.0 Å². The molecule has 4 rings (SSSR count). The Balaban J connectivity index is 1.62. The van der Waals surface area contributed by atoms with Crippen molar-refractivity contribution in [2.24, 2.45) is 0 Å². The molecule has 0 amide bonds. The van der Waals surface area contributed by atoms with Gasteiger partial charge in [-0.05, 0) is 48.4 Å². The summed E-state index contributed by atoms with van der Waals surface area (Å²) in [6, 6.07) is 10.2. The second kappa shape index (κ2) is 10.9. The van der Waals surface area contributed by atoms with Gasteiger partial charge in [-0.25, -0.2) is 22.9 Å². The van der Waals surface area contributed by atoms with E-state index in [1.54, 1.807) is 30.5 Å². The zero-order chi connectivity index (χ0) is 29.2. The molecule has 0 aliphatic heterocycles. The lowest BCUT2D eigenvalue weighted by atomic mass is 10.1. The van der Waals surface area contributed by atoms with Crippen LogP contribution in [0.3, 0.4) is 0 Å². The Morgan fingerprint density at radius 2 is 1.77 bits per heavy atom. The molecular weight excluding hydrogens is 555 g/mol. The van der Waals surface area contributed by atoms with Crippen molar-refractivity contribution >= 4 is 32.6 Å². The van der Waals surface area contributed by atoms with E-state index in [9.17, 15) is 36.3 Å². The maximum Gasteiger partial charge on any atom is 0.416 e. The number of carboxylic acids is 1. The number of hydrogen-bond donors (Lipinski definition) is 1. The number of halogens is 3. The number of aliphatic carboxylic acids is 1. The molecule has 0 spiro atoms. The predicted molar refractivity (Wildman–Crippen MR) is 138 cm³/mol. The van der Waals surface area contributed by atoms with Crippen LogP contribution < -0.4 is 14.6 Å². The first-order valence-corrected chi connectivity index (χ1v) is 13.4. The van der Waals surface area contributed by atoms with Crippen molar-refractivity contribution in [3.63, 3.8) is 0 Å². The standard InChI is InChI=1S/C25H22F3N5O6S/c1-39-22-10-5-16(14-29-22)15-3-7-18(8-4-15)33(40(2,37)38)21(24(35)36)11-12-32-23(34)19-9-6-17(25(26,27)28)13-20(19)30-31-32/h3-10,13-14,21H,11-12H2,1-2H3,(H,35,36). The Morgan fingerprint density at radius 3 is 2.33 bits per heavy atom. The van der Waals surface area contributed by atoms with E-state index in [1.165, 1.54) is 19.2 Å². The maximum absolute atomic E-state index is 13.0. The van der Waals surface area contributed by atoms with Crippen molar-refractivity contribution in [2.75, 3.05) is 17.7 Å². The van der Waals surface area contributed by atoms with Crippen LogP contribution in [0.4, 0.5) is 18.9 Å². The zero-order valence-corrected chi connectivity index (χ0v) is 21.8. The first kappa shape index (κ1) is 28.5. The van der Waals surface area contributed by atoms with Gasteiger partial charge in [0.15, 0.2) is 0 Å². The van der Waals surface area contributed by atoms with Gasteiger partial charge in [-0.15, -0.1) is 5.10 Å². The molecule has 15 heteroatoms. The summed E-state index contributed by atoms with van der Waals surface area (Å²) in [5, 5.41) is 17.1. The van der Waals surface area contributed by atoms with Gasteiger partial charge in [0.1, 0.15) is 11.6 Å². The number of alkyl halides is 3. The number of pyridine rings is 1. The lowest BCUT2D eigenvalue weighted by Crippen LogP contribution is -2.46. The third-order valence-corrected chi connectivity index (χ3v) is 7.17. The van der Waals surface area contributed by atoms with Gasteiger partial charge in [-0.1, -0.05) is 17.3 Å². The van der Waals surface area contributed by atoms with Crippen LogP contribution in [0.5, 0.6) is 5.88 Å². The predicted octanol–water partition coefficient (Wildman–Crippen LogP) is 3.19. The van der Waals surface area contributed by atoms with Crippen molar-refractivity contribution in [3.05, 3.63) is 76.7 Å². The molecule has 0 fully saturated rings. The number of aromatic nitrogens is 4. The van der Waals surface area contributed by atoms with Crippen LogP contribution in [0.1, 0.15) is 12.0 Å². The average molecular weight is 578 g/mol. The Hall–Kier alpha value is -4.53. The van der Waals surface area contributed by atoms with Gasteiger partial charge < -0.3 is 9.84 Å². The van der Waals surface area contributed by atoms with Crippen LogP contribution in [-0.4, -0.2) is 58.9 Å². The minimum absolute atomic E-state index is 0.0664. The third-order valence-electron chi connectivity index (χ3n) is 5.99. The van der Waals surface area contributed by atoms with E-state index in [1.807, 2.05) is 0 Å². The van der Waals surface area contributed by atoms with Gasteiger partial charge in [0.05, 0.1) is 30.0 Å². The van der Waals surface area contributed by atoms with E-state index in [0.29, 0.717) is 23.1 Å². The number of anilines is 1. The average Bonchev–Trinajstić information content (AvgIpc) is 2.90. The molecule has 1 unspecified atom stereocenters. The van der Waals surface area contributed by atoms with Crippen molar-refractivity contribution in [3.8, 4) is 17.0 Å². The highest BCUT2D eigenvalue weighted by molar-refractivity contribution is 7.92. The van der Waals surface area contributed by atoms with Crippen LogP contribution in [-0.2, 0) is 27.5 Å². The minimum atomic E-state index is -4.64. The van der Waals surface area contributed by atoms with E-state index in [2.05, 4.69) is 15.3 Å². The summed E-state index contributed by atoms with van der Waals surface area (Å²) < 4.78 is 70.9. The van der Waals surface area contributed by atoms with Crippen molar-refractivity contribution in [2.45, 2.75) is 25.2 Å². The molecule has 0 aliphatic carbocycles. The van der Waals surface area contributed by atoms with Crippen LogP contribution in [0.2, 0.25) is 0 Å². The van der Waals surface area contributed by atoms with E-state index in [4.69, 9.17) is 4.74 Å². The highest BCUT2D eigenvalue weighted by Crippen LogP contribution is 2.30. The normalized spacial score (nSPS) is 12.7. The Kier molecular flexibility index (Phi) is 7.77. The number of fused-ring (bicyclic) bond motifs is 1. The van der Waals surface area contributed by atoms with Gasteiger partial charge in [0.2, 0.25) is 15.9 Å². The molecule has 1 atom stereocenters. The fourth-order valence-electron chi connectivity index (χ4n) is 4.06. The highest BCUT2D eigenvalue weighted by Gasteiger charge is 2.33. The molecule has 2 heterocycles. The smallest absolute Gasteiger partial charge is 0.416 e. The molecule has 0 radical (unpaired) electrons. The summed E-state index contributed by atoms with van der Waals surface area (Å²) in [7, 11) is -2.65. The summed E-state index contributed by atoms with van der Waals surface area (Å²) in [6.07, 6.45) is -2.62. The number of benzene rings is 2. The summed E-state index contributed by atoms with van der Waals surface area (Å²) >= 11 is 0. The molecule has 11 nitrogen and oxygen atoms in total. The number of rotatable bonds is 9. The Morgan fingerprint density at radius 1 is 1.10 bits per heavy atom. The van der Waals surface area contributed by atoms with Crippen LogP contribution >= 0.6 is 0 Å². The van der Waals surface area contributed by atoms with E-state index in [0.717, 1.165) is 27.4 Å². The van der Waals surface area contributed by atoms with Crippen LogP contribution in [0.15, 0.2) is 65.6 Å². The second-order valence-electron chi connectivity index (χ2n) is 8.69. The van der Waals surface area contributed by atoms with E-state index in [-0.39, 0.29) is 23.1 Å². The first-order chi connectivity index (χ1) is 18.8. The van der Waals surface area contributed by atoms with Crippen molar-refractivity contribution in [1.82, 2.24) is 20.0 Å². The first-order valence-electron chi connectivity index (χ1n) is 11.6. The molecule has 0 bridgehead atoms. The molecule has 210 valence electrons. The molecular formula is C25H22F3N5O6S. The SMILES string of the molecule is COc1ccc(-c2ccc(N(C(CCn3nnc4cc(C(F)(F)F)ccc4c3=O)C(=O)O)S(C)(=O)=O)cc2)cn1. The van der Waals surface area contributed by atoms with Crippen molar-refractivity contribution in [1.29, 1.82) is 0 Å². The second-order valence-corrected chi connectivity index (χ2v) is 10.5. The number of ether oxygens (including phenoxy) is 1. The van der Waals surface area contributed by atoms with Gasteiger partial charge in [0.25, 0.3) is 5.56 Å². The minimum Gasteiger partial charge on any atom is -0.481 e. The van der Waals surface area contributed by atoms with Gasteiger partial charge in [0, 0.05) is 24.4 Å². The number of nitrogens with zero attached hydrogens (tertiary/aromatic N) is 5. The van der Waals surface area contributed by atoms with Gasteiger partial charge >= 0.3 is 12.1 Å². The summed E-state index contributed by atoms with van der Waals surface area (Å²) in [6.45, 7) is -0.374. The molecule has 40 heavy (non-hydrogen) atoms. The summed E-state index contributed by atoms with van der Waals surface area (Å²) in [4.78, 5) is 29.1. The van der Waals surface area contributed by atoms with Gasteiger partial charge in [-0.3, -0.25) is 9.10 Å². The molecule has 0 saturated heterocycles. The van der Waals surface area contributed by atoms with Crippen LogP contribution in [0, 0.1) is 0 Å². The monoisotopic (exact) mass is 577 g/mol. The number of sulfonamides is 1. The molecule has 0 aliphatic rings. The molecule has 1 N–H and O–H groups in total. The Labute approximate surface area is 225 Å². The van der Waals surface area contributed by atoms with Gasteiger partial charge in [-0.2, -0.15) is 13.2 Å². The Bertz CT molecular complexity index is 1710. The fraction of sp³-hybridized carbons (Fsp3) is 0.240. The topological polar surface area (TPSA) is 145 Å². The lowest BCUT2D eigenvalue weighted by Gasteiger charge is -2.29. The lowest BCUT2D eigenvalue weighted by molar-refractivity contribution is -0.139. The fourth-order valence-corrected chi connectivity index (χ4v) is 5.22. The highest BCUT2D eigenvalue weighted by atomic mass is 32.2. The number of carbonyl (C=O) groups is 1. The summed E-state index contributed by atoms with van der Waals surface area (Å²) in [5.41, 5.74) is -0.621. The summed E-state index contributed by atoms with van der Waals surface area (Å²) in [5.74, 6) is -1.07. The number of aryl methyl sites for hydroxylation is 1. The molecule has 2 aromatic carbocycles. The number of carboxylic acid groups (broad SMARTS) is 1. The quantitative estimate of drug-likeness (QED) is 0.317. The molecule has 2 aromatic heterocycles. The largest absolute Gasteiger partial charge is 0.481 e. The zero-order valence-electron chi connectivity index (χ0n) is 21.0. The third kappa shape index (κ3) is 6.03.